The predicted octanol–water partition coefficient (Wildman–Crippen LogP) is 3.18. The van der Waals surface area contributed by atoms with Crippen molar-refractivity contribution in [3.63, 3.8) is 0 Å². The molecule has 2 N–H and O–H groups in total. The number of benzene rings is 1. The fourth-order valence-corrected chi connectivity index (χ4v) is 1.18. The van der Waals surface area contributed by atoms with E-state index < -0.39 is 0 Å². The molecule has 2 amide bonds. The van der Waals surface area contributed by atoms with E-state index in [1.54, 1.807) is 18.3 Å². The average molecular weight is 250 g/mol. The van der Waals surface area contributed by atoms with Gasteiger partial charge in [-0.05, 0) is 30.5 Å². The number of carbonyl (C=O) groups is 1. The van der Waals surface area contributed by atoms with E-state index >= 15 is 0 Å². The van der Waals surface area contributed by atoms with Crippen LogP contribution in [0, 0.1) is 11.7 Å². The first-order chi connectivity index (χ1) is 8.49. The van der Waals surface area contributed by atoms with Crippen LogP contribution in [0.15, 0.2) is 36.0 Å². The van der Waals surface area contributed by atoms with Crippen molar-refractivity contribution in [3.8, 4) is 0 Å². The Bertz CT molecular complexity index is 424. The molecule has 0 radical (unpaired) electrons. The Labute approximate surface area is 107 Å². The minimum atomic E-state index is -0.279. The summed E-state index contributed by atoms with van der Waals surface area (Å²) < 4.78 is 12.7. The third-order valence-corrected chi connectivity index (χ3v) is 2.71. The smallest absolute Gasteiger partial charge is 0.319 e. The first kappa shape index (κ1) is 14.2. The summed E-state index contributed by atoms with van der Waals surface area (Å²) in [4.78, 5) is 11.5. The maximum atomic E-state index is 12.7. The van der Waals surface area contributed by atoms with Crippen LogP contribution in [0.5, 0.6) is 0 Å². The zero-order valence-electron chi connectivity index (χ0n) is 11.0. The van der Waals surface area contributed by atoms with E-state index in [4.69, 9.17) is 0 Å². The number of hydrogen-bond donors (Lipinski definition) is 2. The molecule has 1 aromatic carbocycles. The molecule has 98 valence electrons. The average Bonchev–Trinajstić information content (AvgIpc) is 2.35. The van der Waals surface area contributed by atoms with E-state index in [0.29, 0.717) is 12.5 Å². The summed E-state index contributed by atoms with van der Waals surface area (Å²) >= 11 is 0. The van der Waals surface area contributed by atoms with Gasteiger partial charge in [0.25, 0.3) is 0 Å². The predicted molar refractivity (Wildman–Crippen MR) is 70.4 cm³/mol. The number of urea groups is 1. The van der Waals surface area contributed by atoms with Crippen LogP contribution in [0.3, 0.4) is 0 Å². The summed E-state index contributed by atoms with van der Waals surface area (Å²) in [5.41, 5.74) is 1.96. The van der Waals surface area contributed by atoms with Crippen molar-refractivity contribution in [2.24, 2.45) is 5.92 Å². The van der Waals surface area contributed by atoms with E-state index in [2.05, 4.69) is 24.5 Å². The zero-order valence-corrected chi connectivity index (χ0v) is 11.0. The Hall–Kier alpha value is -1.84. The summed E-state index contributed by atoms with van der Waals surface area (Å²) in [5, 5.41) is 5.35. The SMILES string of the molecule is C/C(=C\NC(=O)NCc1ccc(F)cc1)C(C)C. The summed E-state index contributed by atoms with van der Waals surface area (Å²) in [7, 11) is 0. The van der Waals surface area contributed by atoms with Gasteiger partial charge in [0.15, 0.2) is 0 Å². The van der Waals surface area contributed by atoms with Crippen LogP contribution in [-0.2, 0) is 6.54 Å². The first-order valence-electron chi connectivity index (χ1n) is 5.94. The Morgan fingerprint density at radius 1 is 1.33 bits per heavy atom. The Balaban J connectivity index is 2.38. The normalized spacial score (nSPS) is 11.5. The van der Waals surface area contributed by atoms with Crippen LogP contribution in [0.25, 0.3) is 0 Å². The first-order valence-corrected chi connectivity index (χ1v) is 5.94. The van der Waals surface area contributed by atoms with E-state index in [0.717, 1.165) is 11.1 Å². The quantitative estimate of drug-likeness (QED) is 0.846. The molecule has 0 aliphatic rings. The summed E-state index contributed by atoms with van der Waals surface area (Å²) in [6, 6.07) is 5.77. The van der Waals surface area contributed by atoms with Crippen molar-refractivity contribution >= 4 is 6.03 Å². The molecule has 3 nitrogen and oxygen atoms in total. The molecule has 0 heterocycles. The summed E-state index contributed by atoms with van der Waals surface area (Å²) in [5.74, 6) is 0.126. The lowest BCUT2D eigenvalue weighted by Gasteiger charge is -2.07. The number of carbonyl (C=O) groups excluding carboxylic acids is 1. The number of allylic oxidation sites excluding steroid dienone is 1. The fourth-order valence-electron chi connectivity index (χ4n) is 1.18. The third kappa shape index (κ3) is 4.99. The topological polar surface area (TPSA) is 41.1 Å². The van der Waals surface area contributed by atoms with Crippen molar-refractivity contribution in [2.75, 3.05) is 0 Å². The molecule has 4 heteroatoms. The van der Waals surface area contributed by atoms with Gasteiger partial charge in [0.2, 0.25) is 0 Å². The number of nitrogens with one attached hydrogen (secondary N) is 2. The molecule has 0 fully saturated rings. The van der Waals surface area contributed by atoms with Crippen molar-refractivity contribution in [1.29, 1.82) is 0 Å². The third-order valence-electron chi connectivity index (χ3n) is 2.71. The highest BCUT2D eigenvalue weighted by Crippen LogP contribution is 2.05. The fraction of sp³-hybridized carbons (Fsp3) is 0.357. The molecule has 1 aromatic rings. The second kappa shape index (κ2) is 6.79. The van der Waals surface area contributed by atoms with Crippen LogP contribution in [0.1, 0.15) is 26.3 Å². The molecule has 18 heavy (non-hydrogen) atoms. The van der Waals surface area contributed by atoms with Gasteiger partial charge in [0.1, 0.15) is 5.82 Å². The van der Waals surface area contributed by atoms with Crippen molar-refractivity contribution < 1.29 is 9.18 Å². The molecule has 0 aliphatic carbocycles. The molecular weight excluding hydrogens is 231 g/mol. The molecule has 0 aromatic heterocycles. The highest BCUT2D eigenvalue weighted by atomic mass is 19.1. The van der Waals surface area contributed by atoms with Gasteiger partial charge in [0, 0.05) is 12.7 Å². The Morgan fingerprint density at radius 3 is 2.50 bits per heavy atom. The van der Waals surface area contributed by atoms with Crippen molar-refractivity contribution in [1.82, 2.24) is 10.6 Å². The van der Waals surface area contributed by atoms with E-state index in [1.165, 1.54) is 12.1 Å². The maximum absolute atomic E-state index is 12.7. The minimum Gasteiger partial charge on any atom is -0.334 e. The van der Waals surface area contributed by atoms with Gasteiger partial charge in [-0.25, -0.2) is 9.18 Å². The molecule has 0 atom stereocenters. The van der Waals surface area contributed by atoms with Crippen LogP contribution in [0.4, 0.5) is 9.18 Å². The number of hydrogen-bond acceptors (Lipinski definition) is 1. The van der Waals surface area contributed by atoms with Crippen LogP contribution >= 0.6 is 0 Å². The molecule has 0 saturated heterocycles. The van der Waals surface area contributed by atoms with E-state index in [9.17, 15) is 9.18 Å². The molecule has 0 bridgehead atoms. The van der Waals surface area contributed by atoms with Crippen molar-refractivity contribution in [3.05, 3.63) is 47.4 Å². The maximum Gasteiger partial charge on any atom is 0.319 e. The largest absolute Gasteiger partial charge is 0.334 e. The van der Waals surface area contributed by atoms with Gasteiger partial charge in [-0.2, -0.15) is 0 Å². The van der Waals surface area contributed by atoms with E-state index in [1.807, 2.05) is 6.92 Å². The van der Waals surface area contributed by atoms with Crippen LogP contribution in [0.2, 0.25) is 0 Å². The van der Waals surface area contributed by atoms with Gasteiger partial charge >= 0.3 is 6.03 Å². The van der Waals surface area contributed by atoms with Crippen LogP contribution < -0.4 is 10.6 Å². The van der Waals surface area contributed by atoms with Crippen LogP contribution in [-0.4, -0.2) is 6.03 Å². The lowest BCUT2D eigenvalue weighted by atomic mass is 10.1. The highest BCUT2D eigenvalue weighted by Gasteiger charge is 2.00. The highest BCUT2D eigenvalue weighted by molar-refractivity contribution is 5.74. The molecule has 0 spiro atoms. The van der Waals surface area contributed by atoms with Gasteiger partial charge < -0.3 is 10.6 Å². The lowest BCUT2D eigenvalue weighted by Crippen LogP contribution is -2.32. The van der Waals surface area contributed by atoms with Gasteiger partial charge in [-0.1, -0.05) is 31.6 Å². The standard InChI is InChI=1S/C14H19FN2O/c1-10(2)11(3)8-16-14(18)17-9-12-4-6-13(15)7-5-12/h4-8,10H,9H2,1-3H3,(H2,16,17,18)/b11-8+. The number of halogens is 1. The second-order valence-electron chi connectivity index (χ2n) is 4.50. The van der Waals surface area contributed by atoms with Gasteiger partial charge in [-0.15, -0.1) is 0 Å². The van der Waals surface area contributed by atoms with Crippen molar-refractivity contribution in [2.45, 2.75) is 27.3 Å². The molecule has 0 saturated carbocycles. The monoisotopic (exact) mass is 250 g/mol. The zero-order chi connectivity index (χ0) is 13.5. The van der Waals surface area contributed by atoms with E-state index in [-0.39, 0.29) is 11.8 Å². The second-order valence-corrected chi connectivity index (χ2v) is 4.50. The molecule has 0 unspecified atom stereocenters. The summed E-state index contributed by atoms with van der Waals surface area (Å²) in [6.45, 7) is 6.46. The number of amides is 2. The molecular formula is C14H19FN2O. The molecule has 0 aliphatic heterocycles. The Kier molecular flexibility index (Phi) is 5.36. The Morgan fingerprint density at radius 2 is 1.94 bits per heavy atom. The number of rotatable bonds is 4. The lowest BCUT2D eigenvalue weighted by molar-refractivity contribution is 0.243. The minimum absolute atomic E-state index is 0.265. The van der Waals surface area contributed by atoms with Gasteiger partial charge in [0.05, 0.1) is 0 Å². The summed E-state index contributed by atoms with van der Waals surface area (Å²) in [6.07, 6.45) is 1.70. The van der Waals surface area contributed by atoms with Gasteiger partial charge in [-0.3, -0.25) is 0 Å². The molecule has 1 rings (SSSR count).